The second-order valence-corrected chi connectivity index (χ2v) is 11.9. The number of fused-ring (bicyclic) bond motifs is 1. The predicted molar refractivity (Wildman–Crippen MR) is 139 cm³/mol. The van der Waals surface area contributed by atoms with Gasteiger partial charge in [-0.15, -0.1) is 10.2 Å². The molecule has 4 heterocycles. The van der Waals surface area contributed by atoms with Crippen LogP contribution in [0.1, 0.15) is 37.1 Å². The molecule has 2 aromatic heterocycles. The molecule has 3 aliphatic rings. The smallest absolute Gasteiger partial charge is 0.291 e. The summed E-state index contributed by atoms with van der Waals surface area (Å²) < 4.78 is 49.9. The van der Waals surface area contributed by atoms with Gasteiger partial charge in [-0.2, -0.15) is 5.10 Å². The van der Waals surface area contributed by atoms with Crippen molar-refractivity contribution in [1.82, 2.24) is 29.6 Å². The highest BCUT2D eigenvalue weighted by atomic mass is 32.2. The Morgan fingerprint density at radius 2 is 1.95 bits per heavy atom. The number of carbonyl (C=O) groups is 1. The standard InChI is InChI=1S/C24H28F3N7O2S2/c25-12-24(13-36-14-24)31-38-16-9-18(32-5-7-33(8-6-32)22(35)15-3-1-2-4-15)17-11-28-34(19(17)10-16)23-30-29-21(37-23)20(26)27/h9-11,15,20,31H,1-8,12-14H2. The van der Waals surface area contributed by atoms with Gasteiger partial charge >= 0.3 is 0 Å². The number of alkyl halides is 3. The highest BCUT2D eigenvalue weighted by Crippen LogP contribution is 2.36. The zero-order valence-corrected chi connectivity index (χ0v) is 22.2. The SMILES string of the molecule is O=C(C1CCCC1)N1CCN(c2cc(SNC3(CF)COC3)cc3c2cnn3-c2nnc(C(F)F)s2)CC1. The second kappa shape index (κ2) is 10.6. The molecule has 1 N–H and O–H groups in total. The van der Waals surface area contributed by atoms with Crippen molar-refractivity contribution in [3.05, 3.63) is 23.3 Å². The zero-order chi connectivity index (χ0) is 26.3. The van der Waals surface area contributed by atoms with Crippen molar-refractivity contribution in [2.24, 2.45) is 5.92 Å². The minimum Gasteiger partial charge on any atom is -0.377 e. The molecule has 1 saturated carbocycles. The minimum absolute atomic E-state index is 0.153. The molecule has 2 aliphatic heterocycles. The number of nitrogens with one attached hydrogen (secondary N) is 1. The van der Waals surface area contributed by atoms with Crippen LogP contribution in [0.5, 0.6) is 0 Å². The number of anilines is 1. The summed E-state index contributed by atoms with van der Waals surface area (Å²) in [4.78, 5) is 18.0. The van der Waals surface area contributed by atoms with Gasteiger partial charge in [0.05, 0.1) is 24.9 Å². The number of aromatic nitrogens is 4. The summed E-state index contributed by atoms with van der Waals surface area (Å²) in [5.74, 6) is 0.416. The van der Waals surface area contributed by atoms with Crippen molar-refractivity contribution >= 4 is 45.8 Å². The van der Waals surface area contributed by atoms with Crippen LogP contribution in [0.15, 0.2) is 23.2 Å². The molecule has 1 aliphatic carbocycles. The fourth-order valence-electron chi connectivity index (χ4n) is 5.23. The van der Waals surface area contributed by atoms with Crippen LogP contribution < -0.4 is 9.62 Å². The zero-order valence-electron chi connectivity index (χ0n) is 20.6. The van der Waals surface area contributed by atoms with Gasteiger partial charge in [0.25, 0.3) is 6.43 Å². The van der Waals surface area contributed by atoms with Crippen molar-refractivity contribution in [1.29, 1.82) is 0 Å². The lowest BCUT2D eigenvalue weighted by Crippen LogP contribution is -2.59. The Balaban J connectivity index is 1.29. The third-order valence-electron chi connectivity index (χ3n) is 7.47. The van der Waals surface area contributed by atoms with E-state index in [-0.39, 0.29) is 22.0 Å². The Bertz CT molecular complexity index is 1300. The van der Waals surface area contributed by atoms with Gasteiger partial charge in [0.1, 0.15) is 12.2 Å². The first kappa shape index (κ1) is 25.8. The molecule has 1 aromatic carbocycles. The highest BCUT2D eigenvalue weighted by molar-refractivity contribution is 7.97. The molecule has 38 heavy (non-hydrogen) atoms. The number of amides is 1. The van der Waals surface area contributed by atoms with Gasteiger partial charge < -0.3 is 14.5 Å². The van der Waals surface area contributed by atoms with E-state index >= 15 is 0 Å². The molecular formula is C24H28F3N7O2S2. The average molecular weight is 568 g/mol. The summed E-state index contributed by atoms with van der Waals surface area (Å²) in [6.07, 6.45) is 3.21. The molecule has 0 unspecified atom stereocenters. The van der Waals surface area contributed by atoms with Crippen molar-refractivity contribution in [2.45, 2.75) is 42.5 Å². The molecule has 9 nitrogen and oxygen atoms in total. The van der Waals surface area contributed by atoms with Gasteiger partial charge in [0.2, 0.25) is 11.0 Å². The first-order chi connectivity index (χ1) is 18.5. The van der Waals surface area contributed by atoms with Crippen LogP contribution in [-0.4, -0.2) is 82.4 Å². The third kappa shape index (κ3) is 4.87. The molecule has 14 heteroatoms. The van der Waals surface area contributed by atoms with E-state index in [0.29, 0.717) is 44.9 Å². The van der Waals surface area contributed by atoms with E-state index in [9.17, 15) is 18.0 Å². The van der Waals surface area contributed by atoms with Gasteiger partial charge in [0, 0.05) is 48.1 Å². The van der Waals surface area contributed by atoms with E-state index in [2.05, 4.69) is 24.9 Å². The Kier molecular flexibility index (Phi) is 7.22. The summed E-state index contributed by atoms with van der Waals surface area (Å²) in [7, 11) is 0. The van der Waals surface area contributed by atoms with Crippen molar-refractivity contribution in [3.8, 4) is 5.13 Å². The normalized spacial score (nSPS) is 20.0. The van der Waals surface area contributed by atoms with Crippen LogP contribution in [0.2, 0.25) is 0 Å². The lowest BCUT2D eigenvalue weighted by atomic mass is 10.0. The van der Waals surface area contributed by atoms with Crippen LogP contribution >= 0.6 is 23.3 Å². The van der Waals surface area contributed by atoms with E-state index in [4.69, 9.17) is 4.74 Å². The van der Waals surface area contributed by atoms with Gasteiger partial charge in [-0.1, -0.05) is 24.2 Å². The number of rotatable bonds is 8. The van der Waals surface area contributed by atoms with Crippen LogP contribution in [0, 0.1) is 5.92 Å². The molecule has 204 valence electrons. The monoisotopic (exact) mass is 567 g/mol. The summed E-state index contributed by atoms with van der Waals surface area (Å²) >= 11 is 2.10. The average Bonchev–Trinajstić information content (AvgIpc) is 3.68. The van der Waals surface area contributed by atoms with E-state index in [1.165, 1.54) is 16.6 Å². The largest absolute Gasteiger partial charge is 0.377 e. The molecule has 0 bridgehead atoms. The van der Waals surface area contributed by atoms with Gasteiger partial charge in [0.15, 0.2) is 5.01 Å². The second-order valence-electron chi connectivity index (χ2n) is 10.1. The number of piperazine rings is 1. The van der Waals surface area contributed by atoms with Crippen LogP contribution in [0.25, 0.3) is 16.0 Å². The van der Waals surface area contributed by atoms with Crippen LogP contribution in [0.4, 0.5) is 18.9 Å². The Morgan fingerprint density at radius 1 is 1.18 bits per heavy atom. The summed E-state index contributed by atoms with van der Waals surface area (Å²) in [6.45, 7) is 2.64. The molecule has 0 spiro atoms. The number of nitrogens with zero attached hydrogens (tertiary/aromatic N) is 6. The van der Waals surface area contributed by atoms with Gasteiger partial charge in [-0.25, -0.2) is 22.6 Å². The molecule has 1 amide bonds. The lowest BCUT2D eigenvalue weighted by Gasteiger charge is -2.39. The maximum Gasteiger partial charge on any atom is 0.291 e. The number of ether oxygens (including phenoxy) is 1. The number of hydrogen-bond donors (Lipinski definition) is 1. The third-order valence-corrected chi connectivity index (χ3v) is 9.39. The van der Waals surface area contributed by atoms with E-state index in [0.717, 1.165) is 53.0 Å². The predicted octanol–water partition coefficient (Wildman–Crippen LogP) is 3.99. The summed E-state index contributed by atoms with van der Waals surface area (Å²) in [5.41, 5.74) is 0.883. The fraction of sp³-hybridized carbons (Fsp3) is 0.583. The highest BCUT2D eigenvalue weighted by Gasteiger charge is 2.39. The maximum absolute atomic E-state index is 13.7. The van der Waals surface area contributed by atoms with Crippen molar-refractivity contribution in [2.75, 3.05) is 51.0 Å². The molecule has 0 atom stereocenters. The summed E-state index contributed by atoms with van der Waals surface area (Å²) in [5, 5.41) is 12.7. The molecular weight excluding hydrogens is 539 g/mol. The van der Waals surface area contributed by atoms with Gasteiger partial charge in [-0.05, 0) is 36.9 Å². The van der Waals surface area contributed by atoms with Crippen LogP contribution in [-0.2, 0) is 9.53 Å². The number of halogens is 3. The number of hydrogen-bond acceptors (Lipinski definition) is 9. The minimum atomic E-state index is -2.71. The van der Waals surface area contributed by atoms with Crippen molar-refractivity contribution in [3.63, 3.8) is 0 Å². The fourth-order valence-corrected chi connectivity index (χ4v) is 6.75. The number of carbonyl (C=O) groups excluding carboxylic acids is 1. The maximum atomic E-state index is 13.7. The Morgan fingerprint density at radius 3 is 2.58 bits per heavy atom. The van der Waals surface area contributed by atoms with E-state index < -0.39 is 18.6 Å². The van der Waals surface area contributed by atoms with E-state index in [1.807, 2.05) is 17.0 Å². The molecule has 6 rings (SSSR count). The van der Waals surface area contributed by atoms with Crippen LogP contribution in [0.3, 0.4) is 0 Å². The first-order valence-electron chi connectivity index (χ1n) is 12.7. The quantitative estimate of drug-likeness (QED) is 0.409. The molecule has 3 fully saturated rings. The lowest BCUT2D eigenvalue weighted by molar-refractivity contribution is -0.135. The molecule has 3 aromatic rings. The topological polar surface area (TPSA) is 88.4 Å². The van der Waals surface area contributed by atoms with Crippen molar-refractivity contribution < 1.29 is 22.7 Å². The summed E-state index contributed by atoms with van der Waals surface area (Å²) in [6, 6.07) is 3.91. The number of benzene rings is 1. The van der Waals surface area contributed by atoms with E-state index in [1.54, 1.807) is 6.20 Å². The first-order valence-corrected chi connectivity index (χ1v) is 14.3. The Labute approximate surface area is 225 Å². The van der Waals surface area contributed by atoms with Gasteiger partial charge in [-0.3, -0.25) is 4.79 Å². The molecule has 0 radical (unpaired) electrons. The molecule has 2 saturated heterocycles. The Hall–Kier alpha value is -2.42.